The molecule has 21 heavy (non-hydrogen) atoms. The molecular weight excluding hydrogens is 307 g/mol. The summed E-state index contributed by atoms with van der Waals surface area (Å²) >= 11 is 12.1. The van der Waals surface area contributed by atoms with Gasteiger partial charge in [-0.1, -0.05) is 35.3 Å². The van der Waals surface area contributed by atoms with Crippen LogP contribution in [0.2, 0.25) is 10.0 Å². The van der Waals surface area contributed by atoms with Crippen LogP contribution in [-0.4, -0.2) is 22.8 Å². The molecule has 0 unspecified atom stereocenters. The van der Waals surface area contributed by atoms with E-state index in [9.17, 15) is 4.79 Å². The molecule has 0 fully saturated rings. The van der Waals surface area contributed by atoms with E-state index in [2.05, 4.69) is 4.98 Å². The highest BCUT2D eigenvalue weighted by Gasteiger charge is 2.11. The lowest BCUT2D eigenvalue weighted by molar-refractivity contribution is -0.130. The number of pyridine rings is 1. The summed E-state index contributed by atoms with van der Waals surface area (Å²) in [6, 6.07) is 9.28. The van der Waals surface area contributed by atoms with Gasteiger partial charge in [-0.2, -0.15) is 0 Å². The summed E-state index contributed by atoms with van der Waals surface area (Å²) in [6.07, 6.45) is 4.43. The second kappa shape index (κ2) is 7.43. The highest BCUT2D eigenvalue weighted by atomic mass is 35.5. The molecule has 0 saturated carbocycles. The number of nitrogens with zero attached hydrogens (tertiary/aromatic N) is 2. The quantitative estimate of drug-likeness (QED) is 0.834. The minimum Gasteiger partial charge on any atom is -0.341 e. The van der Waals surface area contributed by atoms with E-state index in [0.717, 1.165) is 11.1 Å². The highest BCUT2D eigenvalue weighted by Crippen LogP contribution is 2.26. The van der Waals surface area contributed by atoms with Crippen LogP contribution in [0.5, 0.6) is 0 Å². The number of carbonyl (C=O) groups excluding carboxylic acids is 1. The fraction of sp³-hybridized carbons (Fsp3) is 0.250. The largest absolute Gasteiger partial charge is 0.341 e. The second-order valence-electron chi connectivity index (χ2n) is 4.82. The molecule has 0 aliphatic rings. The minimum absolute atomic E-state index is 0.0721. The second-order valence-corrected chi connectivity index (χ2v) is 5.60. The van der Waals surface area contributed by atoms with Gasteiger partial charge in [0.1, 0.15) is 0 Å². The lowest BCUT2D eigenvalue weighted by Gasteiger charge is -2.17. The molecule has 2 aromatic rings. The van der Waals surface area contributed by atoms with Gasteiger partial charge in [-0.15, -0.1) is 0 Å². The summed E-state index contributed by atoms with van der Waals surface area (Å²) in [5.74, 6) is 0.0721. The molecule has 0 N–H and O–H groups in total. The summed E-state index contributed by atoms with van der Waals surface area (Å²) in [6.45, 7) is 0.574. The van der Waals surface area contributed by atoms with E-state index in [1.165, 1.54) is 0 Å². The Morgan fingerprint density at radius 3 is 2.62 bits per heavy atom. The Morgan fingerprint density at radius 1 is 1.19 bits per heavy atom. The molecule has 0 aliphatic carbocycles. The first-order valence-corrected chi connectivity index (χ1v) is 7.39. The van der Waals surface area contributed by atoms with Crippen molar-refractivity contribution in [2.24, 2.45) is 0 Å². The number of hydrogen-bond donors (Lipinski definition) is 0. The summed E-state index contributed by atoms with van der Waals surface area (Å²) in [5.41, 5.74) is 1.96. The Balaban J connectivity index is 1.91. The average Bonchev–Trinajstić information content (AvgIpc) is 2.49. The third kappa shape index (κ3) is 4.45. The normalized spacial score (nSPS) is 10.4. The zero-order valence-corrected chi connectivity index (χ0v) is 13.2. The van der Waals surface area contributed by atoms with E-state index in [-0.39, 0.29) is 5.91 Å². The van der Waals surface area contributed by atoms with E-state index in [0.29, 0.717) is 29.4 Å². The van der Waals surface area contributed by atoms with Gasteiger partial charge in [-0.3, -0.25) is 9.78 Å². The molecule has 0 atom stereocenters. The van der Waals surface area contributed by atoms with Crippen LogP contribution in [0.15, 0.2) is 42.7 Å². The number of aryl methyl sites for hydroxylation is 1. The molecule has 1 aromatic heterocycles. The molecule has 110 valence electrons. The predicted octanol–water partition coefficient (Wildman–Crippen LogP) is 3.98. The van der Waals surface area contributed by atoms with Crippen molar-refractivity contribution in [3.8, 4) is 0 Å². The Morgan fingerprint density at radius 2 is 1.90 bits per heavy atom. The minimum atomic E-state index is 0.0721. The summed E-state index contributed by atoms with van der Waals surface area (Å²) in [5, 5.41) is 1.05. The Labute approximate surface area is 134 Å². The standard InChI is InChI=1S/C16H16Cl2N2O/c1-20(11-12-7-9-19-10-8-12)15(21)6-5-13-3-2-4-14(17)16(13)18/h2-4,7-10H,5-6,11H2,1H3. The van der Waals surface area contributed by atoms with Crippen molar-refractivity contribution in [1.82, 2.24) is 9.88 Å². The lowest BCUT2D eigenvalue weighted by Crippen LogP contribution is -2.26. The summed E-state index contributed by atoms with van der Waals surface area (Å²) < 4.78 is 0. The van der Waals surface area contributed by atoms with Crippen molar-refractivity contribution in [3.05, 3.63) is 63.9 Å². The van der Waals surface area contributed by atoms with Gasteiger partial charge in [0.15, 0.2) is 0 Å². The van der Waals surface area contributed by atoms with Gasteiger partial charge in [0.2, 0.25) is 5.91 Å². The first-order valence-electron chi connectivity index (χ1n) is 6.63. The van der Waals surface area contributed by atoms with Crippen molar-refractivity contribution < 1.29 is 4.79 Å². The van der Waals surface area contributed by atoms with Crippen molar-refractivity contribution in [2.75, 3.05) is 7.05 Å². The van der Waals surface area contributed by atoms with Crippen molar-refractivity contribution in [2.45, 2.75) is 19.4 Å². The Bertz CT molecular complexity index is 617. The first-order chi connectivity index (χ1) is 10.1. The van der Waals surface area contributed by atoms with E-state index < -0.39 is 0 Å². The maximum atomic E-state index is 12.2. The zero-order valence-electron chi connectivity index (χ0n) is 11.7. The van der Waals surface area contributed by atoms with E-state index in [1.807, 2.05) is 24.3 Å². The maximum absolute atomic E-state index is 12.2. The van der Waals surface area contributed by atoms with Gasteiger partial charge >= 0.3 is 0 Å². The SMILES string of the molecule is CN(Cc1ccncc1)C(=O)CCc1cccc(Cl)c1Cl. The number of benzene rings is 1. The van der Waals surface area contributed by atoms with Gasteiger partial charge in [0, 0.05) is 32.4 Å². The summed E-state index contributed by atoms with van der Waals surface area (Å²) in [4.78, 5) is 17.8. The topological polar surface area (TPSA) is 33.2 Å². The van der Waals surface area contributed by atoms with Gasteiger partial charge in [0.05, 0.1) is 10.0 Å². The molecule has 0 spiro atoms. The number of hydrogen-bond acceptors (Lipinski definition) is 2. The smallest absolute Gasteiger partial charge is 0.222 e. The van der Waals surface area contributed by atoms with Crippen LogP contribution >= 0.6 is 23.2 Å². The van der Waals surface area contributed by atoms with E-state index in [1.54, 1.807) is 30.4 Å². The van der Waals surface area contributed by atoms with Crippen LogP contribution in [0.4, 0.5) is 0 Å². The van der Waals surface area contributed by atoms with Gasteiger partial charge in [-0.05, 0) is 35.7 Å². The van der Waals surface area contributed by atoms with Crippen LogP contribution in [-0.2, 0) is 17.8 Å². The molecule has 1 aromatic carbocycles. The molecule has 0 radical (unpaired) electrons. The first kappa shape index (κ1) is 15.8. The maximum Gasteiger partial charge on any atom is 0.222 e. The molecule has 1 heterocycles. The van der Waals surface area contributed by atoms with Gasteiger partial charge in [0.25, 0.3) is 0 Å². The molecule has 5 heteroatoms. The Hall–Kier alpha value is -1.58. The molecule has 2 rings (SSSR count). The van der Waals surface area contributed by atoms with E-state index >= 15 is 0 Å². The average molecular weight is 323 g/mol. The number of carbonyl (C=O) groups is 1. The van der Waals surface area contributed by atoms with Crippen molar-refractivity contribution in [1.29, 1.82) is 0 Å². The molecule has 0 aliphatic heterocycles. The van der Waals surface area contributed by atoms with Crippen LogP contribution < -0.4 is 0 Å². The fourth-order valence-corrected chi connectivity index (χ4v) is 2.44. The van der Waals surface area contributed by atoms with Crippen molar-refractivity contribution >= 4 is 29.1 Å². The Kier molecular flexibility index (Phi) is 5.59. The van der Waals surface area contributed by atoms with Crippen LogP contribution in [0.25, 0.3) is 0 Å². The zero-order chi connectivity index (χ0) is 15.2. The lowest BCUT2D eigenvalue weighted by atomic mass is 10.1. The number of rotatable bonds is 5. The van der Waals surface area contributed by atoms with Crippen LogP contribution in [0, 0.1) is 0 Å². The number of halogens is 2. The van der Waals surface area contributed by atoms with Crippen LogP contribution in [0.3, 0.4) is 0 Å². The molecule has 0 bridgehead atoms. The fourth-order valence-electron chi connectivity index (χ4n) is 2.02. The van der Waals surface area contributed by atoms with Crippen molar-refractivity contribution in [3.63, 3.8) is 0 Å². The molecular formula is C16H16Cl2N2O. The predicted molar refractivity (Wildman–Crippen MR) is 85.5 cm³/mol. The van der Waals surface area contributed by atoms with E-state index in [4.69, 9.17) is 23.2 Å². The number of amides is 1. The number of aromatic nitrogens is 1. The third-order valence-corrected chi connectivity index (χ3v) is 4.09. The monoisotopic (exact) mass is 322 g/mol. The molecule has 3 nitrogen and oxygen atoms in total. The molecule has 0 saturated heterocycles. The van der Waals surface area contributed by atoms with Gasteiger partial charge < -0.3 is 4.90 Å². The van der Waals surface area contributed by atoms with Gasteiger partial charge in [-0.25, -0.2) is 0 Å². The molecule has 1 amide bonds. The third-order valence-electron chi connectivity index (χ3n) is 3.23. The van der Waals surface area contributed by atoms with Crippen LogP contribution in [0.1, 0.15) is 17.5 Å². The summed E-state index contributed by atoms with van der Waals surface area (Å²) in [7, 11) is 1.79. The highest BCUT2D eigenvalue weighted by molar-refractivity contribution is 6.42.